The van der Waals surface area contributed by atoms with Crippen LogP contribution in [0.4, 0.5) is 4.79 Å². The van der Waals surface area contributed by atoms with Gasteiger partial charge in [-0.1, -0.05) is 64.5 Å². The number of hydrogen-bond acceptors (Lipinski definition) is 4. The fourth-order valence-corrected chi connectivity index (χ4v) is 2.70. The summed E-state index contributed by atoms with van der Waals surface area (Å²) in [7, 11) is 1.51. The van der Waals surface area contributed by atoms with E-state index >= 15 is 0 Å². The minimum Gasteiger partial charge on any atom is -0.487 e. The lowest BCUT2D eigenvalue weighted by Crippen LogP contribution is -2.22. The molecule has 6 nitrogen and oxygen atoms in total. The second kappa shape index (κ2) is 16.7. The zero-order valence-corrected chi connectivity index (χ0v) is 18.7. The normalized spacial score (nSPS) is 11.2. The molecule has 2 N–H and O–H groups in total. The number of rotatable bonds is 12. The van der Waals surface area contributed by atoms with Gasteiger partial charge in [-0.15, -0.1) is 0 Å². The molecule has 0 aromatic heterocycles. The number of hydrogen-bond donors (Lipinski definition) is 2. The maximum Gasteiger partial charge on any atom is 0.412 e. The third kappa shape index (κ3) is 13.6. The molecule has 0 saturated heterocycles. The number of carboxylic acid groups (broad SMARTS) is 1. The fourth-order valence-electron chi connectivity index (χ4n) is 2.70. The highest BCUT2D eigenvalue weighted by molar-refractivity contribution is 5.71. The van der Waals surface area contributed by atoms with Gasteiger partial charge in [-0.3, -0.25) is 4.79 Å². The molecule has 1 atom stereocenters. The van der Waals surface area contributed by atoms with Crippen molar-refractivity contribution in [3.05, 3.63) is 24.3 Å². The van der Waals surface area contributed by atoms with E-state index in [1.165, 1.54) is 26.3 Å². The Hall–Kier alpha value is -2.24. The largest absolute Gasteiger partial charge is 0.487 e. The Morgan fingerprint density at radius 2 is 1.55 bits per heavy atom. The van der Waals surface area contributed by atoms with Gasteiger partial charge in [0, 0.05) is 7.05 Å². The van der Waals surface area contributed by atoms with E-state index in [1.54, 1.807) is 18.2 Å². The Morgan fingerprint density at radius 3 is 2.07 bits per heavy atom. The summed E-state index contributed by atoms with van der Waals surface area (Å²) in [6, 6.07) is 7.06. The summed E-state index contributed by atoms with van der Waals surface area (Å²) in [5.41, 5.74) is 0. The van der Waals surface area contributed by atoms with Crippen molar-refractivity contribution >= 4 is 12.1 Å². The van der Waals surface area contributed by atoms with Crippen molar-refractivity contribution in [2.75, 3.05) is 7.05 Å². The lowest BCUT2D eigenvalue weighted by atomic mass is 9.95. The fraction of sp³-hybridized carbons (Fsp3) is 0.652. The predicted octanol–water partition coefficient (Wildman–Crippen LogP) is 6.04. The molecule has 0 aliphatic carbocycles. The Labute approximate surface area is 176 Å². The molecule has 0 aliphatic heterocycles. The number of carboxylic acids is 1. The molecule has 0 spiro atoms. The number of aliphatic carboxylic acids is 1. The van der Waals surface area contributed by atoms with E-state index in [0.29, 0.717) is 11.5 Å². The van der Waals surface area contributed by atoms with Crippen LogP contribution in [0.15, 0.2) is 24.3 Å². The number of carbonyl (C=O) groups excluding carboxylic acids is 1. The van der Waals surface area contributed by atoms with Gasteiger partial charge < -0.3 is 19.9 Å². The van der Waals surface area contributed by atoms with Crippen LogP contribution in [0.2, 0.25) is 0 Å². The van der Waals surface area contributed by atoms with E-state index in [-0.39, 0.29) is 12.0 Å². The van der Waals surface area contributed by atoms with Crippen molar-refractivity contribution in [3.63, 3.8) is 0 Å². The standard InChI is InChI=1S/C12H24O2.C11H15NO3/c1-3-5-7-8-10-11(12(13)14)9-6-4-2;1-8(2)14-9-6-4-5-7-10(9)15-11(13)12-3/h11H,3-10H2,1-2H3,(H,13,14);4-8H,1-3H3,(H,12,13). The molecular formula is C23H39NO5. The second-order valence-electron chi connectivity index (χ2n) is 7.28. The maximum absolute atomic E-state index is 11.0. The quantitative estimate of drug-likeness (QED) is 0.411. The van der Waals surface area contributed by atoms with Crippen LogP contribution in [0.3, 0.4) is 0 Å². The molecule has 0 bridgehead atoms. The van der Waals surface area contributed by atoms with Gasteiger partial charge >= 0.3 is 12.1 Å². The molecule has 0 fully saturated rings. The van der Waals surface area contributed by atoms with Gasteiger partial charge in [-0.2, -0.15) is 0 Å². The van der Waals surface area contributed by atoms with E-state index in [0.717, 1.165) is 32.1 Å². The first kappa shape index (κ1) is 26.8. The van der Waals surface area contributed by atoms with E-state index in [2.05, 4.69) is 19.2 Å². The summed E-state index contributed by atoms with van der Waals surface area (Å²) in [6.45, 7) is 8.11. The van der Waals surface area contributed by atoms with Gasteiger partial charge in [0.25, 0.3) is 0 Å². The number of carbonyl (C=O) groups is 2. The molecule has 1 aromatic rings. The summed E-state index contributed by atoms with van der Waals surface area (Å²) in [4.78, 5) is 21.9. The molecule has 1 amide bonds. The zero-order chi connectivity index (χ0) is 22.1. The topological polar surface area (TPSA) is 84.9 Å². The Morgan fingerprint density at radius 1 is 0.966 bits per heavy atom. The average Bonchev–Trinajstić information content (AvgIpc) is 2.68. The van der Waals surface area contributed by atoms with Crippen LogP contribution in [0, 0.1) is 5.92 Å². The van der Waals surface area contributed by atoms with Crippen molar-refractivity contribution in [1.29, 1.82) is 0 Å². The molecule has 166 valence electrons. The molecule has 0 aliphatic rings. The molecule has 0 radical (unpaired) electrons. The molecule has 1 unspecified atom stereocenters. The molecular weight excluding hydrogens is 370 g/mol. The van der Waals surface area contributed by atoms with Gasteiger partial charge in [-0.05, 0) is 38.8 Å². The zero-order valence-electron chi connectivity index (χ0n) is 18.7. The number of para-hydroxylation sites is 2. The van der Waals surface area contributed by atoms with Gasteiger partial charge in [-0.25, -0.2) is 4.79 Å². The number of ether oxygens (including phenoxy) is 2. The van der Waals surface area contributed by atoms with Crippen LogP contribution in [0.5, 0.6) is 11.5 Å². The third-order valence-electron chi connectivity index (χ3n) is 4.28. The molecule has 6 heteroatoms. The first-order chi connectivity index (χ1) is 13.8. The Kier molecular flexibility index (Phi) is 15.4. The molecule has 29 heavy (non-hydrogen) atoms. The highest BCUT2D eigenvalue weighted by Gasteiger charge is 2.15. The van der Waals surface area contributed by atoms with Gasteiger partial charge in [0.05, 0.1) is 12.0 Å². The van der Waals surface area contributed by atoms with Crippen molar-refractivity contribution in [3.8, 4) is 11.5 Å². The van der Waals surface area contributed by atoms with Crippen molar-refractivity contribution in [2.45, 2.75) is 85.2 Å². The Bertz CT molecular complexity index is 574. The predicted molar refractivity (Wildman–Crippen MR) is 117 cm³/mol. The molecule has 0 saturated carbocycles. The molecule has 0 heterocycles. The van der Waals surface area contributed by atoms with Crippen LogP contribution < -0.4 is 14.8 Å². The summed E-state index contributed by atoms with van der Waals surface area (Å²) >= 11 is 0. The second-order valence-corrected chi connectivity index (χ2v) is 7.28. The van der Waals surface area contributed by atoms with Gasteiger partial charge in [0.1, 0.15) is 0 Å². The number of amides is 1. The first-order valence-electron chi connectivity index (χ1n) is 10.7. The van der Waals surface area contributed by atoms with E-state index in [9.17, 15) is 9.59 Å². The van der Waals surface area contributed by atoms with Crippen molar-refractivity contribution < 1.29 is 24.2 Å². The monoisotopic (exact) mass is 409 g/mol. The van der Waals surface area contributed by atoms with E-state index in [1.807, 2.05) is 19.9 Å². The van der Waals surface area contributed by atoms with Crippen LogP contribution in [-0.4, -0.2) is 30.3 Å². The summed E-state index contributed by atoms with van der Waals surface area (Å²) in [6.07, 6.45) is 8.12. The van der Waals surface area contributed by atoms with Crippen molar-refractivity contribution in [1.82, 2.24) is 5.32 Å². The maximum atomic E-state index is 11.0. The summed E-state index contributed by atoms with van der Waals surface area (Å²) in [5, 5.41) is 11.3. The minimum absolute atomic E-state index is 0.0411. The summed E-state index contributed by atoms with van der Waals surface area (Å²) in [5.74, 6) is 0.295. The van der Waals surface area contributed by atoms with Gasteiger partial charge in [0.2, 0.25) is 0 Å². The third-order valence-corrected chi connectivity index (χ3v) is 4.28. The molecule has 1 rings (SSSR count). The van der Waals surface area contributed by atoms with Crippen LogP contribution in [0.1, 0.15) is 79.1 Å². The summed E-state index contributed by atoms with van der Waals surface area (Å²) < 4.78 is 10.5. The highest BCUT2D eigenvalue weighted by Crippen LogP contribution is 2.27. The smallest absolute Gasteiger partial charge is 0.412 e. The average molecular weight is 410 g/mol. The number of unbranched alkanes of at least 4 members (excludes halogenated alkanes) is 4. The lowest BCUT2D eigenvalue weighted by Gasteiger charge is -2.13. The highest BCUT2D eigenvalue weighted by atomic mass is 16.6. The van der Waals surface area contributed by atoms with E-state index < -0.39 is 12.1 Å². The van der Waals surface area contributed by atoms with Crippen LogP contribution >= 0.6 is 0 Å². The van der Waals surface area contributed by atoms with Gasteiger partial charge in [0.15, 0.2) is 11.5 Å². The van der Waals surface area contributed by atoms with Crippen LogP contribution in [-0.2, 0) is 4.79 Å². The minimum atomic E-state index is -0.602. The van der Waals surface area contributed by atoms with E-state index in [4.69, 9.17) is 14.6 Å². The molecule has 1 aromatic carbocycles. The number of nitrogens with one attached hydrogen (secondary N) is 1. The Balaban J connectivity index is 0.000000543. The van der Waals surface area contributed by atoms with Crippen LogP contribution in [0.25, 0.3) is 0 Å². The lowest BCUT2D eigenvalue weighted by molar-refractivity contribution is -0.142. The first-order valence-corrected chi connectivity index (χ1v) is 10.7. The SMILES string of the molecule is CCCCCCC(CCCC)C(=O)O.CNC(=O)Oc1ccccc1OC(C)C. The van der Waals surface area contributed by atoms with Crippen molar-refractivity contribution in [2.24, 2.45) is 5.92 Å². The number of benzene rings is 1.